The number of methoxy groups -OCH3 is 1. The molecule has 152 valence electrons. The molecule has 0 radical (unpaired) electrons. The summed E-state index contributed by atoms with van der Waals surface area (Å²) in [7, 11) is 1.59. The summed E-state index contributed by atoms with van der Waals surface area (Å²) in [4.78, 5) is 28.5. The van der Waals surface area contributed by atoms with Crippen LogP contribution >= 0.6 is 0 Å². The van der Waals surface area contributed by atoms with Crippen LogP contribution in [0.1, 0.15) is 34.1 Å². The van der Waals surface area contributed by atoms with Crippen molar-refractivity contribution in [1.82, 2.24) is 15.1 Å². The van der Waals surface area contributed by atoms with E-state index in [9.17, 15) is 9.59 Å². The van der Waals surface area contributed by atoms with Crippen molar-refractivity contribution in [2.24, 2.45) is 0 Å². The molecule has 2 amide bonds. The topological polar surface area (TPSA) is 113 Å². The summed E-state index contributed by atoms with van der Waals surface area (Å²) < 4.78 is 5.41. The zero-order valence-corrected chi connectivity index (χ0v) is 16.4. The lowest BCUT2D eigenvalue weighted by Gasteiger charge is -2.34. The third-order valence-electron chi connectivity index (χ3n) is 6.09. The lowest BCUT2D eigenvalue weighted by molar-refractivity contribution is -0.121. The van der Waals surface area contributed by atoms with E-state index in [1.807, 2.05) is 48.5 Å². The molecule has 3 aromatic rings. The van der Waals surface area contributed by atoms with Gasteiger partial charge in [-0.2, -0.15) is 5.10 Å². The van der Waals surface area contributed by atoms with Gasteiger partial charge in [0.1, 0.15) is 22.7 Å². The molecule has 3 heterocycles. The van der Waals surface area contributed by atoms with Crippen molar-refractivity contribution in [3.8, 4) is 5.75 Å². The SMILES string of the molecule is COc1cccc(C2N(C(=O)c3cc(N)n[nH]3)CCC23C(=O)Nc2ccccc23)c1. The molecule has 2 aliphatic heterocycles. The van der Waals surface area contributed by atoms with Crippen LogP contribution in [0.25, 0.3) is 0 Å². The van der Waals surface area contributed by atoms with E-state index >= 15 is 0 Å². The molecule has 2 atom stereocenters. The van der Waals surface area contributed by atoms with Gasteiger partial charge < -0.3 is 20.7 Å². The molecule has 1 saturated heterocycles. The van der Waals surface area contributed by atoms with Crippen LogP contribution in [0.3, 0.4) is 0 Å². The molecule has 1 aromatic heterocycles. The Labute approximate surface area is 173 Å². The lowest BCUT2D eigenvalue weighted by Crippen LogP contribution is -2.42. The Morgan fingerprint density at radius 1 is 1.23 bits per heavy atom. The number of rotatable bonds is 3. The highest BCUT2D eigenvalue weighted by atomic mass is 16.5. The van der Waals surface area contributed by atoms with Gasteiger partial charge in [-0.25, -0.2) is 0 Å². The molecule has 30 heavy (non-hydrogen) atoms. The Morgan fingerprint density at radius 2 is 2.07 bits per heavy atom. The van der Waals surface area contributed by atoms with Crippen molar-refractivity contribution in [3.05, 3.63) is 71.4 Å². The first-order chi connectivity index (χ1) is 14.5. The molecule has 8 nitrogen and oxygen atoms in total. The van der Waals surface area contributed by atoms with E-state index in [4.69, 9.17) is 10.5 Å². The van der Waals surface area contributed by atoms with Gasteiger partial charge in [-0.3, -0.25) is 14.7 Å². The summed E-state index contributed by atoms with van der Waals surface area (Å²) in [6.45, 7) is 0.418. The van der Waals surface area contributed by atoms with Gasteiger partial charge in [0, 0.05) is 18.3 Å². The average molecular weight is 403 g/mol. The number of carbonyl (C=O) groups is 2. The zero-order valence-electron chi connectivity index (χ0n) is 16.4. The second kappa shape index (κ2) is 6.62. The van der Waals surface area contributed by atoms with Crippen LogP contribution in [0, 0.1) is 0 Å². The molecular weight excluding hydrogens is 382 g/mol. The number of para-hydroxylation sites is 1. The molecule has 2 unspecified atom stereocenters. The Morgan fingerprint density at radius 3 is 2.83 bits per heavy atom. The maximum absolute atomic E-state index is 13.4. The van der Waals surface area contributed by atoms with Crippen molar-refractivity contribution < 1.29 is 14.3 Å². The van der Waals surface area contributed by atoms with Gasteiger partial charge in [-0.05, 0) is 35.7 Å². The number of hydrogen-bond acceptors (Lipinski definition) is 5. The maximum Gasteiger partial charge on any atom is 0.272 e. The predicted octanol–water partition coefficient (Wildman–Crippen LogP) is 2.48. The molecule has 4 N–H and O–H groups in total. The van der Waals surface area contributed by atoms with E-state index in [1.54, 1.807) is 12.0 Å². The summed E-state index contributed by atoms with van der Waals surface area (Å²) in [5.41, 5.74) is 7.64. The Bertz CT molecular complexity index is 1160. The molecule has 1 spiro atoms. The molecule has 8 heteroatoms. The number of hydrogen-bond donors (Lipinski definition) is 3. The number of nitrogens with two attached hydrogens (primary N) is 1. The van der Waals surface area contributed by atoms with Crippen molar-refractivity contribution in [2.45, 2.75) is 17.9 Å². The maximum atomic E-state index is 13.4. The first-order valence-corrected chi connectivity index (χ1v) is 9.71. The third kappa shape index (κ3) is 2.50. The largest absolute Gasteiger partial charge is 0.497 e. The number of H-pyrrole nitrogens is 1. The highest BCUT2D eigenvalue weighted by Gasteiger charge is 2.59. The molecule has 0 bridgehead atoms. The van der Waals surface area contributed by atoms with Crippen LogP contribution < -0.4 is 15.8 Å². The molecule has 2 aromatic carbocycles. The molecule has 5 rings (SSSR count). The summed E-state index contributed by atoms with van der Waals surface area (Å²) in [6, 6.07) is 16.2. The lowest BCUT2D eigenvalue weighted by atomic mass is 9.72. The number of nitrogens with one attached hydrogen (secondary N) is 2. The highest BCUT2D eigenvalue weighted by molar-refractivity contribution is 6.08. The molecule has 0 aliphatic carbocycles. The van der Waals surface area contributed by atoms with Crippen LogP contribution in [-0.2, 0) is 10.2 Å². The number of anilines is 2. The number of benzene rings is 2. The van der Waals surface area contributed by atoms with Gasteiger partial charge in [-0.1, -0.05) is 30.3 Å². The summed E-state index contributed by atoms with van der Waals surface area (Å²) in [5, 5.41) is 9.59. The fourth-order valence-corrected chi connectivity index (χ4v) is 4.78. The second-order valence-corrected chi connectivity index (χ2v) is 7.61. The Hall–Kier alpha value is -3.81. The van der Waals surface area contributed by atoms with E-state index in [2.05, 4.69) is 15.5 Å². The number of ether oxygens (including phenoxy) is 1. The van der Waals surface area contributed by atoms with Crippen LogP contribution in [0.15, 0.2) is 54.6 Å². The standard InChI is InChI=1S/C22H21N5O3/c1-30-14-6-4-5-13(11-14)19-22(15-7-2-3-8-16(15)24-21(22)29)9-10-27(19)20(28)17-12-18(23)26-25-17/h2-8,11-12,19H,9-10H2,1H3,(H,24,29)(H3,23,25,26). The third-order valence-corrected chi connectivity index (χ3v) is 6.09. The van der Waals surface area contributed by atoms with E-state index in [1.165, 1.54) is 6.07 Å². The van der Waals surface area contributed by atoms with Gasteiger partial charge in [-0.15, -0.1) is 0 Å². The van der Waals surface area contributed by atoms with Crippen molar-refractivity contribution in [1.29, 1.82) is 0 Å². The summed E-state index contributed by atoms with van der Waals surface area (Å²) in [6.07, 6.45) is 0.507. The number of nitrogens with zero attached hydrogens (tertiary/aromatic N) is 2. The normalized spacial score (nSPS) is 22.2. The summed E-state index contributed by atoms with van der Waals surface area (Å²) in [5.74, 6) is 0.561. The van der Waals surface area contributed by atoms with Gasteiger partial charge in [0.25, 0.3) is 5.91 Å². The monoisotopic (exact) mass is 403 g/mol. The minimum atomic E-state index is -0.885. The first-order valence-electron chi connectivity index (χ1n) is 9.71. The highest BCUT2D eigenvalue weighted by Crippen LogP contribution is 2.55. The number of likely N-dealkylation sites (tertiary alicyclic amines) is 1. The Balaban J connectivity index is 1.68. The van der Waals surface area contributed by atoms with E-state index in [-0.39, 0.29) is 17.6 Å². The van der Waals surface area contributed by atoms with E-state index in [0.29, 0.717) is 24.4 Å². The first kappa shape index (κ1) is 18.2. The number of aromatic amines is 1. The molecular formula is C22H21N5O3. The number of aromatic nitrogens is 2. The van der Waals surface area contributed by atoms with Gasteiger partial charge >= 0.3 is 0 Å². The number of carbonyl (C=O) groups excluding carboxylic acids is 2. The minimum absolute atomic E-state index is 0.101. The Kier molecular flexibility index (Phi) is 4.02. The van der Waals surface area contributed by atoms with Gasteiger partial charge in [0.2, 0.25) is 5.91 Å². The van der Waals surface area contributed by atoms with E-state index < -0.39 is 11.5 Å². The fraction of sp³-hybridized carbons (Fsp3) is 0.227. The van der Waals surface area contributed by atoms with Crippen LogP contribution in [0.5, 0.6) is 5.75 Å². The van der Waals surface area contributed by atoms with Crippen LogP contribution in [-0.4, -0.2) is 40.6 Å². The predicted molar refractivity (Wildman–Crippen MR) is 111 cm³/mol. The van der Waals surface area contributed by atoms with Gasteiger partial charge in [0.05, 0.1) is 13.2 Å². The zero-order chi connectivity index (χ0) is 20.9. The molecule has 2 aliphatic rings. The van der Waals surface area contributed by atoms with Crippen LogP contribution in [0.4, 0.5) is 11.5 Å². The van der Waals surface area contributed by atoms with E-state index in [0.717, 1.165) is 16.8 Å². The number of amides is 2. The molecule has 1 fully saturated rings. The number of nitrogen functional groups attached to an aromatic ring is 1. The fourth-order valence-electron chi connectivity index (χ4n) is 4.78. The van der Waals surface area contributed by atoms with Crippen molar-refractivity contribution in [2.75, 3.05) is 24.7 Å². The van der Waals surface area contributed by atoms with Gasteiger partial charge in [0.15, 0.2) is 0 Å². The number of fused-ring (bicyclic) bond motifs is 2. The quantitative estimate of drug-likeness (QED) is 0.622. The smallest absolute Gasteiger partial charge is 0.272 e. The average Bonchev–Trinajstić information content (AvgIpc) is 3.45. The summed E-state index contributed by atoms with van der Waals surface area (Å²) >= 11 is 0. The van der Waals surface area contributed by atoms with Crippen molar-refractivity contribution in [3.63, 3.8) is 0 Å². The molecule has 0 saturated carbocycles. The van der Waals surface area contributed by atoms with Crippen LogP contribution in [0.2, 0.25) is 0 Å². The van der Waals surface area contributed by atoms with Crippen molar-refractivity contribution >= 4 is 23.3 Å². The minimum Gasteiger partial charge on any atom is -0.497 e. The second-order valence-electron chi connectivity index (χ2n) is 7.61.